The molecule has 0 bridgehead atoms. The van der Waals surface area contributed by atoms with Crippen molar-refractivity contribution >= 4 is 7.37 Å². The molecule has 0 saturated heterocycles. The molecule has 0 heterocycles. The minimum Gasteiger partial charge on any atom is -0.508 e. The summed E-state index contributed by atoms with van der Waals surface area (Å²) in [5.74, 6) is -0.537. The Balaban J connectivity index is 2.06. The van der Waals surface area contributed by atoms with Crippen molar-refractivity contribution in [1.29, 1.82) is 0 Å². The zero-order chi connectivity index (χ0) is 14.6. The first-order valence-electron chi connectivity index (χ1n) is 6.46. The Morgan fingerprint density at radius 2 is 1.65 bits per heavy atom. The van der Waals surface area contributed by atoms with Crippen molar-refractivity contribution in [2.45, 2.75) is 12.2 Å². The lowest BCUT2D eigenvalue weighted by Crippen LogP contribution is -2.53. The average molecular weight is 292 g/mol. The number of benzene rings is 2. The third kappa shape index (κ3) is 3.70. The van der Waals surface area contributed by atoms with Gasteiger partial charge in [-0.25, -0.2) is 0 Å². The van der Waals surface area contributed by atoms with Crippen LogP contribution in [0, 0.1) is 0 Å². The second kappa shape index (κ2) is 6.23. The van der Waals surface area contributed by atoms with Gasteiger partial charge >= 0.3 is 0 Å². The topological polar surface area (TPSA) is 85.2 Å². The molecule has 0 aliphatic heterocycles. The molecule has 0 aromatic heterocycles. The summed E-state index contributed by atoms with van der Waals surface area (Å²) >= 11 is 0. The molecule has 106 valence electrons. The summed E-state index contributed by atoms with van der Waals surface area (Å²) in [6, 6.07) is 15.9. The highest BCUT2D eigenvalue weighted by molar-refractivity contribution is 7.58. The van der Waals surface area contributed by atoms with Crippen molar-refractivity contribution in [3.63, 3.8) is 0 Å². The molecular weight excluding hydrogens is 273 g/mol. The molecule has 5 N–H and O–H groups in total. The van der Waals surface area contributed by atoms with E-state index < -0.39 is 13.2 Å². The largest absolute Gasteiger partial charge is 0.508 e. The summed E-state index contributed by atoms with van der Waals surface area (Å²) in [6.07, 6.45) is 0.755. The van der Waals surface area contributed by atoms with Gasteiger partial charge in [-0.1, -0.05) is 30.3 Å². The van der Waals surface area contributed by atoms with Crippen LogP contribution in [0.15, 0.2) is 54.6 Å². The zero-order valence-electron chi connectivity index (χ0n) is 11.1. The minimum absolute atomic E-state index is 0.137. The summed E-state index contributed by atoms with van der Waals surface area (Å²) in [5.41, 5.74) is 5.54. The number of quaternary nitrogens is 1. The second-order valence-electron chi connectivity index (χ2n) is 4.82. The lowest BCUT2D eigenvalue weighted by Gasteiger charge is -2.16. The Labute approximate surface area is 118 Å². The third-order valence-electron chi connectivity index (χ3n) is 3.33. The number of rotatable bonds is 5. The first-order valence-corrected chi connectivity index (χ1v) is 8.38. The van der Waals surface area contributed by atoms with Crippen LogP contribution in [-0.2, 0) is 11.0 Å². The van der Waals surface area contributed by atoms with Crippen LogP contribution >= 0.6 is 7.37 Å². The standard InChI is InChI=1S/C15H18NO3P/c16-15(13-6-8-14(17)9-7-13)20(18,19)11-10-12-4-2-1-3-5-12/h1-9,15,17H,10-11,16H2,(H,18,19)/p+1/t15-/m1/s1. The van der Waals surface area contributed by atoms with E-state index in [0.29, 0.717) is 12.0 Å². The van der Waals surface area contributed by atoms with Gasteiger partial charge in [0.15, 0.2) is 5.78 Å². The number of aryl methyl sites for hydroxylation is 1. The Hall–Kier alpha value is -1.61. The summed E-state index contributed by atoms with van der Waals surface area (Å²) in [5, 5.41) is 9.24. The molecule has 20 heavy (non-hydrogen) atoms. The molecule has 0 spiro atoms. The molecule has 2 aromatic carbocycles. The average Bonchev–Trinajstić information content (AvgIpc) is 2.46. The van der Waals surface area contributed by atoms with E-state index >= 15 is 0 Å². The van der Waals surface area contributed by atoms with E-state index in [2.05, 4.69) is 5.73 Å². The van der Waals surface area contributed by atoms with Gasteiger partial charge in [0, 0.05) is 11.7 Å². The molecule has 0 aliphatic rings. The summed E-state index contributed by atoms with van der Waals surface area (Å²) < 4.78 is 12.4. The van der Waals surface area contributed by atoms with Gasteiger partial charge < -0.3 is 15.7 Å². The quantitative estimate of drug-likeness (QED) is 0.738. The molecule has 2 rings (SSSR count). The van der Waals surface area contributed by atoms with Gasteiger partial charge in [0.05, 0.1) is 0 Å². The molecule has 0 amide bonds. The summed E-state index contributed by atoms with van der Waals surface area (Å²) in [6.45, 7) is 0. The number of phenols is 1. The van der Waals surface area contributed by atoms with Gasteiger partial charge in [0.1, 0.15) is 5.75 Å². The fourth-order valence-corrected chi connectivity index (χ4v) is 3.55. The molecule has 0 radical (unpaired) electrons. The SMILES string of the molecule is [NH3+][C@@H](c1ccc(O)cc1)P(=O)(O)CCc1ccccc1. The van der Waals surface area contributed by atoms with Crippen LogP contribution in [-0.4, -0.2) is 16.2 Å². The number of hydrogen-bond acceptors (Lipinski definition) is 2. The van der Waals surface area contributed by atoms with E-state index in [1.165, 1.54) is 12.1 Å². The highest BCUT2D eigenvalue weighted by Crippen LogP contribution is 2.51. The van der Waals surface area contributed by atoms with Crippen LogP contribution in [0.2, 0.25) is 0 Å². The van der Waals surface area contributed by atoms with Crippen LogP contribution in [0.25, 0.3) is 0 Å². The molecule has 1 unspecified atom stereocenters. The lowest BCUT2D eigenvalue weighted by atomic mass is 10.2. The molecule has 2 atom stereocenters. The van der Waals surface area contributed by atoms with E-state index in [1.807, 2.05) is 30.3 Å². The van der Waals surface area contributed by atoms with Gasteiger partial charge in [-0.05, 0) is 36.2 Å². The molecule has 0 aliphatic carbocycles. The monoisotopic (exact) mass is 292 g/mol. The normalized spacial score (nSPS) is 15.5. The van der Waals surface area contributed by atoms with Crippen LogP contribution in [0.3, 0.4) is 0 Å². The van der Waals surface area contributed by atoms with Crippen LogP contribution in [0.5, 0.6) is 5.75 Å². The van der Waals surface area contributed by atoms with E-state index in [0.717, 1.165) is 5.56 Å². The summed E-state index contributed by atoms with van der Waals surface area (Å²) in [7, 11) is -3.38. The first kappa shape index (κ1) is 14.8. The smallest absolute Gasteiger partial charge is 0.261 e. The molecule has 4 nitrogen and oxygen atoms in total. The summed E-state index contributed by atoms with van der Waals surface area (Å²) in [4.78, 5) is 10.2. The Kier molecular flexibility index (Phi) is 4.61. The van der Waals surface area contributed by atoms with Gasteiger partial charge in [-0.2, -0.15) is 0 Å². The Morgan fingerprint density at radius 3 is 2.25 bits per heavy atom. The molecule has 0 saturated carbocycles. The van der Waals surface area contributed by atoms with E-state index in [9.17, 15) is 14.6 Å². The van der Waals surface area contributed by atoms with Crippen molar-refractivity contribution in [3.8, 4) is 5.75 Å². The highest BCUT2D eigenvalue weighted by atomic mass is 31.2. The predicted molar refractivity (Wildman–Crippen MR) is 78.6 cm³/mol. The Morgan fingerprint density at radius 1 is 1.05 bits per heavy atom. The van der Waals surface area contributed by atoms with Crippen molar-refractivity contribution < 1.29 is 20.3 Å². The maximum Gasteiger partial charge on any atom is 0.261 e. The van der Waals surface area contributed by atoms with Crippen molar-refractivity contribution in [2.75, 3.05) is 6.16 Å². The van der Waals surface area contributed by atoms with Crippen LogP contribution in [0.1, 0.15) is 16.9 Å². The minimum atomic E-state index is -3.38. The predicted octanol–water partition coefficient (Wildman–Crippen LogP) is 2.15. The number of hydrogen-bond donors (Lipinski definition) is 3. The third-order valence-corrected chi connectivity index (χ3v) is 5.47. The highest BCUT2D eigenvalue weighted by Gasteiger charge is 2.32. The van der Waals surface area contributed by atoms with Gasteiger partial charge in [-0.3, -0.25) is 4.57 Å². The second-order valence-corrected chi connectivity index (χ2v) is 7.40. The number of phenolic OH excluding ortho intramolecular Hbond substituents is 1. The van der Waals surface area contributed by atoms with Crippen LogP contribution < -0.4 is 5.73 Å². The maximum atomic E-state index is 12.4. The van der Waals surface area contributed by atoms with Crippen molar-refractivity contribution in [2.24, 2.45) is 0 Å². The van der Waals surface area contributed by atoms with Crippen molar-refractivity contribution in [3.05, 3.63) is 65.7 Å². The van der Waals surface area contributed by atoms with Gasteiger partial charge in [0.2, 0.25) is 0 Å². The first-order chi connectivity index (χ1) is 9.49. The van der Waals surface area contributed by atoms with Gasteiger partial charge in [0.25, 0.3) is 7.37 Å². The van der Waals surface area contributed by atoms with Crippen molar-refractivity contribution in [1.82, 2.24) is 0 Å². The zero-order valence-corrected chi connectivity index (χ0v) is 12.0. The van der Waals surface area contributed by atoms with E-state index in [4.69, 9.17) is 0 Å². The molecule has 2 aromatic rings. The maximum absolute atomic E-state index is 12.4. The van der Waals surface area contributed by atoms with Crippen LogP contribution in [0.4, 0.5) is 0 Å². The van der Waals surface area contributed by atoms with E-state index in [1.54, 1.807) is 12.1 Å². The fraction of sp³-hybridized carbons (Fsp3) is 0.200. The van der Waals surface area contributed by atoms with Gasteiger partial charge in [-0.15, -0.1) is 0 Å². The fourth-order valence-electron chi connectivity index (χ4n) is 2.02. The molecular formula is C15H19NO3P+. The molecule has 0 fully saturated rings. The Bertz CT molecular complexity index is 598. The number of aromatic hydroxyl groups is 1. The lowest BCUT2D eigenvalue weighted by molar-refractivity contribution is -0.397. The molecule has 5 heteroatoms. The van der Waals surface area contributed by atoms with E-state index in [-0.39, 0.29) is 11.9 Å².